The van der Waals surface area contributed by atoms with Crippen LogP contribution in [0.25, 0.3) is 0 Å². The maximum absolute atomic E-state index is 13.2. The number of ether oxygens (including phenoxy) is 4. The molecule has 61 heavy (non-hydrogen) atoms. The van der Waals surface area contributed by atoms with Gasteiger partial charge in [0.05, 0.1) is 36.6 Å². The zero-order chi connectivity index (χ0) is 45.8. The lowest BCUT2D eigenvalue weighted by molar-refractivity contribution is -0.321. The second-order valence-corrected chi connectivity index (χ2v) is 17.1. The highest BCUT2D eigenvalue weighted by Crippen LogP contribution is 2.38. The molecule has 0 spiro atoms. The molecule has 2 heterocycles. The van der Waals surface area contributed by atoms with Gasteiger partial charge in [0, 0.05) is 37.0 Å². The van der Waals surface area contributed by atoms with Gasteiger partial charge in [-0.05, 0) is 84.5 Å². The molecule has 2 bridgehead atoms. The smallest absolute Gasteiger partial charge is 0.340 e. The van der Waals surface area contributed by atoms with Gasteiger partial charge in [-0.1, -0.05) is 89.6 Å². The molecule has 13 unspecified atom stereocenters. The number of allylic oxidation sites excluding steroid dienone is 8. The van der Waals surface area contributed by atoms with Gasteiger partial charge < -0.3 is 49.6 Å². The van der Waals surface area contributed by atoms with E-state index >= 15 is 0 Å². The molecule has 14 nitrogen and oxygen atoms in total. The number of carbonyl (C=O) groups excluding carboxylic acids is 4. The molecular formula is C47H76O14. The van der Waals surface area contributed by atoms with Crippen molar-refractivity contribution in [1.82, 2.24) is 0 Å². The van der Waals surface area contributed by atoms with Crippen molar-refractivity contribution >= 4 is 23.5 Å². The second kappa shape index (κ2) is 27.2. The minimum atomic E-state index is -2.30. The maximum atomic E-state index is 13.2. The number of carbonyl (C=O) groups is 4. The molecule has 2 aliphatic rings. The molecule has 0 saturated carbocycles. The molecule has 2 rings (SSSR count). The van der Waals surface area contributed by atoms with E-state index in [-0.39, 0.29) is 30.8 Å². The van der Waals surface area contributed by atoms with Gasteiger partial charge in [0.15, 0.2) is 0 Å². The van der Waals surface area contributed by atoms with E-state index in [1.807, 2.05) is 43.4 Å². The minimum Gasteiger partial charge on any atom is -0.461 e. The maximum Gasteiger partial charge on any atom is 0.340 e. The Labute approximate surface area is 363 Å². The van der Waals surface area contributed by atoms with E-state index in [9.17, 15) is 49.8 Å². The topological polar surface area (TPSA) is 227 Å². The predicted octanol–water partition coefficient (Wildman–Crippen LogP) is 5.63. The van der Waals surface area contributed by atoms with Gasteiger partial charge in [0.2, 0.25) is 23.8 Å². The molecule has 0 aromatic heterocycles. The molecule has 1 saturated heterocycles. The number of Topliss-reactive ketones (excluding diaryl/α,β-unsaturated/α-hetero) is 2. The van der Waals surface area contributed by atoms with Crippen LogP contribution >= 0.6 is 0 Å². The Hall–Kier alpha value is -3.08. The summed E-state index contributed by atoms with van der Waals surface area (Å²) in [6.45, 7) is 11.7. The van der Waals surface area contributed by atoms with Gasteiger partial charge in [0.25, 0.3) is 0 Å². The lowest BCUT2D eigenvalue weighted by Crippen LogP contribution is -2.59. The van der Waals surface area contributed by atoms with Gasteiger partial charge in [-0.25, -0.2) is 9.59 Å². The summed E-state index contributed by atoms with van der Waals surface area (Å²) in [5.74, 6) is -9.27. The lowest BCUT2D eigenvalue weighted by Gasteiger charge is -2.45. The third-order valence-corrected chi connectivity index (χ3v) is 11.9. The van der Waals surface area contributed by atoms with Gasteiger partial charge in [-0.3, -0.25) is 9.59 Å². The fraction of sp³-hybridized carbons (Fsp3) is 0.745. The largest absolute Gasteiger partial charge is 0.461 e. The van der Waals surface area contributed by atoms with Crippen molar-refractivity contribution in [3.63, 3.8) is 0 Å². The number of aliphatic hydroxyl groups is 6. The fourth-order valence-electron chi connectivity index (χ4n) is 7.41. The molecule has 0 aromatic rings. The molecule has 0 aliphatic carbocycles. The second-order valence-electron chi connectivity index (χ2n) is 17.1. The zero-order valence-electron chi connectivity index (χ0n) is 37.5. The zero-order valence-corrected chi connectivity index (χ0v) is 37.5. The third kappa shape index (κ3) is 17.9. The van der Waals surface area contributed by atoms with E-state index in [1.165, 1.54) is 0 Å². The first-order valence-electron chi connectivity index (χ1n) is 22.4. The number of ketones is 2. The lowest BCUT2D eigenvalue weighted by atomic mass is 9.82. The number of cyclic esters (lactones) is 2. The van der Waals surface area contributed by atoms with Gasteiger partial charge >= 0.3 is 11.9 Å². The standard InChI is InChI=1S/C47H76O14/c1-8-22-40-34(6)38(50)29-36(48)25-20-16-13-11-15-19-24-33(5)59-45(55)43(53)47(57)31(3)27-28-41(61-47)35(7)39(51)30-37(49)26-21-17-12-10-14-18-23-32(4)58-44(54)42(52)46(56,9-2)60-40/h10-17,31-37,40-43,48-49,52-53,56-57H,8-9,18-30H2,1-7H3. The number of aliphatic hydroxyl groups excluding tert-OH is 4. The van der Waals surface area contributed by atoms with Crippen LogP contribution in [0, 0.1) is 17.8 Å². The summed E-state index contributed by atoms with van der Waals surface area (Å²) < 4.78 is 22.8. The third-order valence-electron chi connectivity index (χ3n) is 11.9. The summed E-state index contributed by atoms with van der Waals surface area (Å²) in [5.41, 5.74) is 0. The quantitative estimate of drug-likeness (QED) is 0.189. The van der Waals surface area contributed by atoms with Crippen LogP contribution < -0.4 is 0 Å². The first-order valence-corrected chi connectivity index (χ1v) is 22.4. The fourth-order valence-corrected chi connectivity index (χ4v) is 7.41. The SMILES string of the molecule is CCCC1OC(O)(CC)C(O)C(=O)OC(C)CCC=CC=CCCC(O)CC(=O)C(C)C2CCC(C)C(O)(O2)C(O)C(=O)OC(C)CCC=CC=CCCC(O)CC(=O)C1C. The van der Waals surface area contributed by atoms with Crippen LogP contribution in [0.5, 0.6) is 0 Å². The summed E-state index contributed by atoms with van der Waals surface area (Å²) in [5, 5.41) is 65.9. The van der Waals surface area contributed by atoms with E-state index in [0.29, 0.717) is 77.0 Å². The number of hydrogen-bond acceptors (Lipinski definition) is 14. The molecule has 0 amide bonds. The Morgan fingerprint density at radius 3 is 1.49 bits per heavy atom. The van der Waals surface area contributed by atoms with Crippen LogP contribution in [0.2, 0.25) is 0 Å². The summed E-state index contributed by atoms with van der Waals surface area (Å²) >= 11 is 0. The van der Waals surface area contributed by atoms with Crippen molar-refractivity contribution in [3.8, 4) is 0 Å². The summed E-state index contributed by atoms with van der Waals surface area (Å²) in [6.07, 6.45) is 10.9. The number of fused-ring (bicyclic) bond motifs is 2. The molecule has 348 valence electrons. The summed E-state index contributed by atoms with van der Waals surface area (Å²) in [7, 11) is 0. The van der Waals surface area contributed by atoms with Gasteiger partial charge in [-0.15, -0.1) is 0 Å². The van der Waals surface area contributed by atoms with Crippen molar-refractivity contribution < 1.29 is 68.8 Å². The molecule has 0 radical (unpaired) electrons. The highest BCUT2D eigenvalue weighted by Gasteiger charge is 2.52. The highest BCUT2D eigenvalue weighted by atomic mass is 16.7. The Morgan fingerprint density at radius 2 is 1.03 bits per heavy atom. The minimum absolute atomic E-state index is 0.126. The Balaban J connectivity index is 2.17. The molecule has 6 N–H and O–H groups in total. The normalized spacial score (nSPS) is 37.6. The molecule has 1 fully saturated rings. The Bertz CT molecular complexity index is 1470. The van der Waals surface area contributed by atoms with Crippen molar-refractivity contribution in [2.45, 2.75) is 205 Å². The van der Waals surface area contributed by atoms with Crippen LogP contribution in [0.3, 0.4) is 0 Å². The van der Waals surface area contributed by atoms with Gasteiger partial charge in [0.1, 0.15) is 11.6 Å². The van der Waals surface area contributed by atoms with Crippen molar-refractivity contribution in [3.05, 3.63) is 48.6 Å². The van der Waals surface area contributed by atoms with E-state index in [1.54, 1.807) is 53.7 Å². The Kier molecular flexibility index (Phi) is 24.1. The van der Waals surface area contributed by atoms with Crippen LogP contribution in [0.1, 0.15) is 145 Å². The average molecular weight is 865 g/mol. The van der Waals surface area contributed by atoms with Crippen LogP contribution in [-0.4, -0.2) is 115 Å². The predicted molar refractivity (Wildman–Crippen MR) is 229 cm³/mol. The first-order chi connectivity index (χ1) is 28.8. The van der Waals surface area contributed by atoms with Crippen LogP contribution in [0.4, 0.5) is 0 Å². The summed E-state index contributed by atoms with van der Waals surface area (Å²) in [6, 6.07) is 0. The van der Waals surface area contributed by atoms with Crippen molar-refractivity contribution in [1.29, 1.82) is 0 Å². The van der Waals surface area contributed by atoms with Gasteiger partial charge in [-0.2, -0.15) is 0 Å². The van der Waals surface area contributed by atoms with Crippen molar-refractivity contribution in [2.24, 2.45) is 17.8 Å². The van der Waals surface area contributed by atoms with E-state index in [4.69, 9.17) is 18.9 Å². The van der Waals surface area contributed by atoms with Crippen LogP contribution in [-0.2, 0) is 38.1 Å². The number of rotatable bonds is 3. The van der Waals surface area contributed by atoms with E-state index in [2.05, 4.69) is 0 Å². The number of esters is 2. The molecule has 2 aliphatic heterocycles. The van der Waals surface area contributed by atoms with Crippen molar-refractivity contribution in [2.75, 3.05) is 0 Å². The first kappa shape index (κ1) is 54.1. The molecule has 0 aromatic carbocycles. The molecular weight excluding hydrogens is 789 g/mol. The molecule has 13 atom stereocenters. The van der Waals surface area contributed by atoms with Crippen LogP contribution in [0.15, 0.2) is 48.6 Å². The van der Waals surface area contributed by atoms with E-state index in [0.717, 1.165) is 0 Å². The Morgan fingerprint density at radius 1 is 0.590 bits per heavy atom. The average Bonchev–Trinajstić information content (AvgIpc) is 3.21. The highest BCUT2D eigenvalue weighted by molar-refractivity contribution is 5.82. The van der Waals surface area contributed by atoms with E-state index < -0.39 is 90.1 Å². The summed E-state index contributed by atoms with van der Waals surface area (Å²) in [4.78, 5) is 52.3. The number of hydrogen-bond donors (Lipinski definition) is 6. The monoisotopic (exact) mass is 865 g/mol. The molecule has 14 heteroatoms.